The van der Waals surface area contributed by atoms with Crippen LogP contribution in [-0.2, 0) is 9.47 Å². The largest absolute Gasteiger partial charge is 0.387 e. The van der Waals surface area contributed by atoms with Gasteiger partial charge < -0.3 is 30.7 Å². The number of hydrogen-bond acceptors (Lipinski definition) is 6. The van der Waals surface area contributed by atoms with Crippen LogP contribution in [0, 0.1) is 5.82 Å². The highest BCUT2D eigenvalue weighted by Crippen LogP contribution is 2.30. The van der Waals surface area contributed by atoms with Gasteiger partial charge in [-0.05, 0) is 44.2 Å². The topological polar surface area (TPSA) is 102 Å². The predicted octanol–water partition coefficient (Wildman–Crippen LogP) is 3.20. The van der Waals surface area contributed by atoms with Gasteiger partial charge in [0.1, 0.15) is 5.82 Å². The molecule has 0 aromatic heterocycles. The SMILES string of the molecule is CC(N)=Nc1ccc(F)cc1N1CCOCC1.CC(N)=Nc1ccccc1N1CCOCC1. The molecule has 0 atom stereocenters. The highest BCUT2D eigenvalue weighted by Gasteiger charge is 2.16. The van der Waals surface area contributed by atoms with E-state index >= 15 is 0 Å². The van der Waals surface area contributed by atoms with Gasteiger partial charge in [-0.3, -0.25) is 0 Å². The van der Waals surface area contributed by atoms with Gasteiger partial charge in [0.2, 0.25) is 0 Å². The van der Waals surface area contributed by atoms with E-state index in [0.29, 0.717) is 30.6 Å². The molecule has 0 spiro atoms. The van der Waals surface area contributed by atoms with Crippen molar-refractivity contribution < 1.29 is 13.9 Å². The smallest absolute Gasteiger partial charge is 0.125 e. The fourth-order valence-electron chi connectivity index (χ4n) is 3.66. The summed E-state index contributed by atoms with van der Waals surface area (Å²) >= 11 is 0. The Morgan fingerprint density at radius 1 is 0.758 bits per heavy atom. The quantitative estimate of drug-likeness (QED) is 0.541. The Kier molecular flexibility index (Phi) is 9.03. The third kappa shape index (κ3) is 7.44. The van der Waals surface area contributed by atoms with Crippen molar-refractivity contribution in [3.63, 3.8) is 0 Å². The second-order valence-electron chi connectivity index (χ2n) is 7.83. The molecular weight excluding hydrogens is 423 g/mol. The van der Waals surface area contributed by atoms with Crippen molar-refractivity contribution in [2.75, 3.05) is 62.4 Å². The molecule has 2 fully saturated rings. The molecule has 4 N–H and O–H groups in total. The molecule has 0 bridgehead atoms. The first-order valence-electron chi connectivity index (χ1n) is 11.1. The van der Waals surface area contributed by atoms with Crippen molar-refractivity contribution >= 4 is 34.4 Å². The summed E-state index contributed by atoms with van der Waals surface area (Å²) in [4.78, 5) is 12.9. The molecule has 2 aliphatic heterocycles. The van der Waals surface area contributed by atoms with E-state index in [0.717, 1.165) is 56.5 Å². The lowest BCUT2D eigenvalue weighted by molar-refractivity contribution is 0.122. The van der Waals surface area contributed by atoms with E-state index in [-0.39, 0.29) is 5.82 Å². The summed E-state index contributed by atoms with van der Waals surface area (Å²) < 4.78 is 23.9. The Labute approximate surface area is 194 Å². The molecule has 2 heterocycles. The van der Waals surface area contributed by atoms with Crippen LogP contribution in [0.3, 0.4) is 0 Å². The van der Waals surface area contributed by atoms with Crippen molar-refractivity contribution in [2.24, 2.45) is 21.5 Å². The van der Waals surface area contributed by atoms with Crippen LogP contribution in [0.1, 0.15) is 13.8 Å². The number of nitrogens with zero attached hydrogens (tertiary/aromatic N) is 4. The zero-order chi connectivity index (χ0) is 23.6. The summed E-state index contributed by atoms with van der Waals surface area (Å²) in [6.45, 7) is 9.70. The maximum Gasteiger partial charge on any atom is 0.125 e. The highest BCUT2D eigenvalue weighted by molar-refractivity contribution is 5.84. The number of para-hydroxylation sites is 2. The molecule has 0 radical (unpaired) electrons. The van der Waals surface area contributed by atoms with Crippen molar-refractivity contribution in [3.05, 3.63) is 48.3 Å². The monoisotopic (exact) mass is 456 g/mol. The van der Waals surface area contributed by atoms with Crippen molar-refractivity contribution in [3.8, 4) is 0 Å². The van der Waals surface area contributed by atoms with E-state index in [1.54, 1.807) is 19.9 Å². The standard InChI is InChI=1S/C12H16FN3O.C12H17N3O/c1-9(14)15-11-3-2-10(13)8-12(11)16-4-6-17-7-5-16;1-10(13)14-11-4-2-3-5-12(11)15-6-8-16-9-7-15/h2-3,8H,4-7H2,1H3,(H2,14,15);2-5H,6-9H2,1H3,(H2,13,14). The third-order valence-electron chi connectivity index (χ3n) is 5.12. The van der Waals surface area contributed by atoms with Gasteiger partial charge in [-0.2, -0.15) is 0 Å². The number of hydrogen-bond donors (Lipinski definition) is 2. The number of anilines is 2. The van der Waals surface area contributed by atoms with Gasteiger partial charge in [0, 0.05) is 26.2 Å². The average Bonchev–Trinajstić information content (AvgIpc) is 2.81. The average molecular weight is 457 g/mol. The predicted molar refractivity (Wildman–Crippen MR) is 133 cm³/mol. The summed E-state index contributed by atoms with van der Waals surface area (Å²) in [5.74, 6) is 0.784. The van der Waals surface area contributed by atoms with Crippen molar-refractivity contribution in [1.29, 1.82) is 0 Å². The fraction of sp³-hybridized carbons (Fsp3) is 0.417. The molecule has 178 valence electrons. The van der Waals surface area contributed by atoms with E-state index in [1.807, 2.05) is 18.2 Å². The first kappa shape index (κ1) is 24.5. The number of benzene rings is 2. The van der Waals surface area contributed by atoms with Crippen LogP contribution in [-0.4, -0.2) is 64.3 Å². The van der Waals surface area contributed by atoms with Gasteiger partial charge in [-0.15, -0.1) is 0 Å². The second-order valence-corrected chi connectivity index (χ2v) is 7.83. The first-order chi connectivity index (χ1) is 15.9. The zero-order valence-electron chi connectivity index (χ0n) is 19.3. The van der Waals surface area contributed by atoms with Gasteiger partial charge in [-0.25, -0.2) is 14.4 Å². The second kappa shape index (κ2) is 12.2. The fourth-order valence-corrected chi connectivity index (χ4v) is 3.66. The normalized spacial score (nSPS) is 17.4. The molecule has 4 rings (SSSR count). The van der Waals surface area contributed by atoms with Gasteiger partial charge in [0.05, 0.1) is 60.8 Å². The van der Waals surface area contributed by atoms with E-state index in [4.69, 9.17) is 20.9 Å². The molecule has 0 aliphatic carbocycles. The molecule has 8 nitrogen and oxygen atoms in total. The first-order valence-corrected chi connectivity index (χ1v) is 11.1. The molecule has 2 saturated heterocycles. The number of halogens is 1. The Bertz CT molecular complexity index is 961. The maximum absolute atomic E-state index is 13.3. The van der Waals surface area contributed by atoms with Gasteiger partial charge in [0.15, 0.2) is 0 Å². The van der Waals surface area contributed by atoms with E-state index in [9.17, 15) is 4.39 Å². The minimum Gasteiger partial charge on any atom is -0.387 e. The molecule has 2 aromatic carbocycles. The summed E-state index contributed by atoms with van der Waals surface area (Å²) in [5, 5.41) is 0. The number of morpholine rings is 2. The minimum atomic E-state index is -0.264. The third-order valence-corrected chi connectivity index (χ3v) is 5.12. The summed E-state index contributed by atoms with van der Waals surface area (Å²) in [6.07, 6.45) is 0. The molecule has 0 amide bonds. The summed E-state index contributed by atoms with van der Waals surface area (Å²) in [6, 6.07) is 12.6. The molecule has 2 aromatic rings. The summed E-state index contributed by atoms with van der Waals surface area (Å²) in [5.41, 5.74) is 14.8. The molecule has 33 heavy (non-hydrogen) atoms. The molecular formula is C24H33FN6O2. The lowest BCUT2D eigenvalue weighted by atomic mass is 10.2. The number of amidine groups is 2. The van der Waals surface area contributed by atoms with Crippen LogP contribution in [0.4, 0.5) is 27.1 Å². The number of rotatable bonds is 4. The van der Waals surface area contributed by atoms with Crippen molar-refractivity contribution in [2.45, 2.75) is 13.8 Å². The van der Waals surface area contributed by atoms with E-state index < -0.39 is 0 Å². The van der Waals surface area contributed by atoms with Crippen molar-refractivity contribution in [1.82, 2.24) is 0 Å². The van der Waals surface area contributed by atoms with Gasteiger partial charge in [-0.1, -0.05) is 12.1 Å². The molecule has 9 heteroatoms. The van der Waals surface area contributed by atoms with Gasteiger partial charge >= 0.3 is 0 Å². The van der Waals surface area contributed by atoms with Crippen LogP contribution in [0.2, 0.25) is 0 Å². The Morgan fingerprint density at radius 2 is 1.24 bits per heavy atom. The maximum atomic E-state index is 13.3. The van der Waals surface area contributed by atoms with Crippen LogP contribution >= 0.6 is 0 Å². The minimum absolute atomic E-state index is 0.264. The Morgan fingerprint density at radius 3 is 1.79 bits per heavy atom. The molecule has 0 saturated carbocycles. The van der Waals surface area contributed by atoms with Crippen LogP contribution < -0.4 is 21.3 Å². The number of ether oxygens (including phenoxy) is 2. The number of aliphatic imine (C=N–C) groups is 2. The zero-order valence-corrected chi connectivity index (χ0v) is 19.3. The van der Waals surface area contributed by atoms with Crippen LogP contribution in [0.25, 0.3) is 0 Å². The van der Waals surface area contributed by atoms with E-state index in [1.165, 1.54) is 12.1 Å². The molecule has 0 unspecified atom stereocenters. The summed E-state index contributed by atoms with van der Waals surface area (Å²) in [7, 11) is 0. The van der Waals surface area contributed by atoms with Crippen LogP contribution in [0.5, 0.6) is 0 Å². The Balaban J connectivity index is 0.000000186. The number of nitrogens with two attached hydrogens (primary N) is 2. The van der Waals surface area contributed by atoms with Crippen LogP contribution in [0.15, 0.2) is 52.4 Å². The van der Waals surface area contributed by atoms with E-state index in [2.05, 4.69) is 25.9 Å². The Hall–Kier alpha value is -3.17. The molecule has 2 aliphatic rings. The lowest BCUT2D eigenvalue weighted by Gasteiger charge is -2.29. The highest BCUT2D eigenvalue weighted by atomic mass is 19.1. The van der Waals surface area contributed by atoms with Gasteiger partial charge in [0.25, 0.3) is 0 Å². The lowest BCUT2D eigenvalue weighted by Crippen LogP contribution is -2.36.